The summed E-state index contributed by atoms with van der Waals surface area (Å²) in [5.41, 5.74) is 3.26. The van der Waals surface area contributed by atoms with Crippen LogP contribution >= 0.6 is 27.3 Å². The predicted molar refractivity (Wildman–Crippen MR) is 139 cm³/mol. The molecule has 35 heavy (non-hydrogen) atoms. The highest BCUT2D eigenvalue weighted by Crippen LogP contribution is 2.36. The Hall–Kier alpha value is -3.17. The number of ether oxygens (including phenoxy) is 3. The van der Waals surface area contributed by atoms with Gasteiger partial charge in [0.25, 0.3) is 5.56 Å². The Morgan fingerprint density at radius 2 is 1.89 bits per heavy atom. The van der Waals surface area contributed by atoms with Gasteiger partial charge in [-0.2, -0.15) is 0 Å². The van der Waals surface area contributed by atoms with E-state index in [0.717, 1.165) is 15.6 Å². The number of methoxy groups -OCH3 is 2. The summed E-state index contributed by atoms with van der Waals surface area (Å²) in [5, 5.41) is 0. The van der Waals surface area contributed by atoms with E-state index in [1.54, 1.807) is 44.8 Å². The summed E-state index contributed by atoms with van der Waals surface area (Å²) in [5.74, 6) is 0.534. The van der Waals surface area contributed by atoms with Gasteiger partial charge in [0, 0.05) is 4.47 Å². The summed E-state index contributed by atoms with van der Waals surface area (Å²) < 4.78 is 19.2. The third-order valence-corrected chi connectivity index (χ3v) is 7.57. The van der Waals surface area contributed by atoms with Crippen molar-refractivity contribution < 1.29 is 19.0 Å². The predicted octanol–water partition coefficient (Wildman–Crippen LogP) is 3.89. The van der Waals surface area contributed by atoms with Gasteiger partial charge in [-0.05, 0) is 61.7 Å². The highest BCUT2D eigenvalue weighted by molar-refractivity contribution is 9.10. The highest BCUT2D eigenvalue weighted by Gasteiger charge is 2.33. The minimum absolute atomic E-state index is 0.209. The number of carbonyl (C=O) groups is 1. The molecule has 0 saturated carbocycles. The number of fused-ring (bicyclic) bond motifs is 1. The zero-order valence-electron chi connectivity index (χ0n) is 20.0. The van der Waals surface area contributed by atoms with E-state index in [9.17, 15) is 9.59 Å². The maximum atomic E-state index is 13.7. The molecule has 2 aromatic carbocycles. The molecule has 7 nitrogen and oxygen atoms in total. The van der Waals surface area contributed by atoms with Crippen LogP contribution in [-0.2, 0) is 9.53 Å². The Kier molecular flexibility index (Phi) is 7.28. The van der Waals surface area contributed by atoms with Crippen LogP contribution in [0.5, 0.6) is 11.5 Å². The van der Waals surface area contributed by atoms with Gasteiger partial charge in [0.15, 0.2) is 16.3 Å². The second-order valence-corrected chi connectivity index (χ2v) is 9.79. The summed E-state index contributed by atoms with van der Waals surface area (Å²) >= 11 is 4.83. The fourth-order valence-corrected chi connectivity index (χ4v) is 5.42. The molecule has 0 saturated heterocycles. The van der Waals surface area contributed by atoms with Gasteiger partial charge < -0.3 is 14.2 Å². The number of thiazole rings is 1. The summed E-state index contributed by atoms with van der Waals surface area (Å²) in [6.45, 7) is 5.72. The van der Waals surface area contributed by atoms with Crippen molar-refractivity contribution in [3.8, 4) is 11.5 Å². The van der Waals surface area contributed by atoms with Crippen molar-refractivity contribution >= 4 is 39.3 Å². The van der Waals surface area contributed by atoms with E-state index in [-0.39, 0.29) is 12.2 Å². The van der Waals surface area contributed by atoms with Gasteiger partial charge in [0.05, 0.1) is 42.7 Å². The molecule has 3 aromatic rings. The van der Waals surface area contributed by atoms with Gasteiger partial charge in [-0.1, -0.05) is 45.5 Å². The van der Waals surface area contributed by atoms with Gasteiger partial charge in [0.2, 0.25) is 0 Å². The zero-order valence-corrected chi connectivity index (χ0v) is 22.5. The Bertz CT molecular complexity index is 1520. The lowest BCUT2D eigenvalue weighted by Crippen LogP contribution is -2.39. The lowest BCUT2D eigenvalue weighted by atomic mass is 9.95. The van der Waals surface area contributed by atoms with Crippen molar-refractivity contribution in [3.05, 3.63) is 88.5 Å². The SMILES string of the molecule is CCOC(=O)C1=C(C)N=c2s/c(=C\c3ccc(C)c(Br)c3)c(=O)n2[C@H]1c1ccc(OC)c(OC)c1. The standard InChI is InChI=1S/C26H25BrN2O5S/c1-6-34-25(31)22-15(3)28-26-29(23(22)17-9-10-19(32-4)20(13-17)33-5)24(30)21(35-26)12-16-8-7-14(2)18(27)11-16/h7-13,23H,6H2,1-5H3/b21-12-/t23-/m0/s1. The first-order valence-electron chi connectivity index (χ1n) is 11.0. The van der Waals surface area contributed by atoms with Gasteiger partial charge in [0.1, 0.15) is 0 Å². The smallest absolute Gasteiger partial charge is 0.338 e. The fraction of sp³-hybridized carbons (Fsp3) is 0.269. The minimum atomic E-state index is -0.725. The normalized spacial score (nSPS) is 15.5. The van der Waals surface area contributed by atoms with Crippen molar-refractivity contribution in [2.45, 2.75) is 26.8 Å². The van der Waals surface area contributed by atoms with Crippen LogP contribution in [0.4, 0.5) is 0 Å². The van der Waals surface area contributed by atoms with E-state index in [2.05, 4.69) is 20.9 Å². The summed E-state index contributed by atoms with van der Waals surface area (Å²) in [7, 11) is 3.10. The number of rotatable bonds is 6. The molecule has 0 radical (unpaired) electrons. The number of benzene rings is 2. The molecule has 4 rings (SSSR count). The number of aryl methyl sites for hydroxylation is 1. The number of nitrogens with zero attached hydrogens (tertiary/aromatic N) is 2. The van der Waals surface area contributed by atoms with Crippen LogP contribution in [0.2, 0.25) is 0 Å². The number of halogens is 1. The Morgan fingerprint density at radius 3 is 2.54 bits per heavy atom. The number of esters is 1. The van der Waals surface area contributed by atoms with E-state index >= 15 is 0 Å². The second-order valence-electron chi connectivity index (χ2n) is 7.93. The van der Waals surface area contributed by atoms with Gasteiger partial charge in [-0.15, -0.1) is 0 Å². The fourth-order valence-electron chi connectivity index (χ4n) is 3.98. The second kappa shape index (κ2) is 10.2. The largest absolute Gasteiger partial charge is 0.493 e. The Balaban J connectivity index is 1.97. The highest BCUT2D eigenvalue weighted by atomic mass is 79.9. The van der Waals surface area contributed by atoms with Crippen LogP contribution in [0.3, 0.4) is 0 Å². The van der Waals surface area contributed by atoms with Gasteiger partial charge in [-0.3, -0.25) is 9.36 Å². The lowest BCUT2D eigenvalue weighted by molar-refractivity contribution is -0.139. The first-order valence-corrected chi connectivity index (χ1v) is 12.6. The monoisotopic (exact) mass is 556 g/mol. The number of hydrogen-bond acceptors (Lipinski definition) is 7. The summed E-state index contributed by atoms with van der Waals surface area (Å²) in [6.07, 6.45) is 1.84. The molecule has 0 bridgehead atoms. The van der Waals surface area contributed by atoms with Crippen LogP contribution in [0.25, 0.3) is 6.08 Å². The molecule has 2 heterocycles. The number of aromatic nitrogens is 1. The van der Waals surface area contributed by atoms with E-state index in [1.165, 1.54) is 11.3 Å². The van der Waals surface area contributed by atoms with Gasteiger partial charge >= 0.3 is 5.97 Å². The third-order valence-electron chi connectivity index (χ3n) is 5.73. The van der Waals surface area contributed by atoms with E-state index in [1.807, 2.05) is 37.3 Å². The molecular formula is C26H25BrN2O5S. The Labute approximate surface area is 215 Å². The molecule has 0 spiro atoms. The maximum absolute atomic E-state index is 13.7. The van der Waals surface area contributed by atoms with Crippen LogP contribution in [0.1, 0.15) is 36.6 Å². The minimum Gasteiger partial charge on any atom is -0.493 e. The lowest BCUT2D eigenvalue weighted by Gasteiger charge is -2.25. The van der Waals surface area contributed by atoms with Crippen LogP contribution in [0, 0.1) is 6.92 Å². The van der Waals surface area contributed by atoms with Crippen molar-refractivity contribution in [2.24, 2.45) is 4.99 Å². The van der Waals surface area contributed by atoms with Crippen LogP contribution in [0.15, 0.2) is 61.9 Å². The van der Waals surface area contributed by atoms with E-state index in [4.69, 9.17) is 14.2 Å². The number of hydrogen-bond donors (Lipinski definition) is 0. The molecule has 0 unspecified atom stereocenters. The van der Waals surface area contributed by atoms with Gasteiger partial charge in [-0.25, -0.2) is 9.79 Å². The van der Waals surface area contributed by atoms with Crippen molar-refractivity contribution in [1.29, 1.82) is 0 Å². The maximum Gasteiger partial charge on any atom is 0.338 e. The topological polar surface area (TPSA) is 79.1 Å². The molecule has 1 atom stereocenters. The Morgan fingerprint density at radius 1 is 1.14 bits per heavy atom. The average Bonchev–Trinajstić information content (AvgIpc) is 3.14. The first-order chi connectivity index (χ1) is 16.8. The summed E-state index contributed by atoms with van der Waals surface area (Å²) in [4.78, 5) is 31.9. The molecule has 1 aliphatic rings. The molecule has 0 fully saturated rings. The molecule has 1 aromatic heterocycles. The third kappa shape index (κ3) is 4.70. The van der Waals surface area contributed by atoms with Crippen molar-refractivity contribution in [2.75, 3.05) is 20.8 Å². The zero-order chi connectivity index (χ0) is 25.3. The number of carbonyl (C=O) groups excluding carboxylic acids is 1. The number of allylic oxidation sites excluding steroid dienone is 1. The van der Waals surface area contributed by atoms with Crippen LogP contribution < -0.4 is 24.4 Å². The average molecular weight is 557 g/mol. The molecule has 1 aliphatic heterocycles. The molecule has 0 aliphatic carbocycles. The summed E-state index contributed by atoms with van der Waals surface area (Å²) in [6, 6.07) is 10.5. The molecule has 9 heteroatoms. The molecule has 182 valence electrons. The van der Waals surface area contributed by atoms with Crippen molar-refractivity contribution in [1.82, 2.24) is 4.57 Å². The van der Waals surface area contributed by atoms with Crippen molar-refractivity contribution in [3.63, 3.8) is 0 Å². The first kappa shape index (κ1) is 24.9. The van der Waals surface area contributed by atoms with Crippen LogP contribution in [-0.4, -0.2) is 31.4 Å². The van der Waals surface area contributed by atoms with E-state index in [0.29, 0.717) is 37.7 Å². The molecule has 0 N–H and O–H groups in total. The molecular weight excluding hydrogens is 532 g/mol. The quantitative estimate of drug-likeness (QED) is 0.430. The molecule has 0 amide bonds. The van der Waals surface area contributed by atoms with E-state index < -0.39 is 12.0 Å².